The van der Waals surface area contributed by atoms with Gasteiger partial charge in [-0.2, -0.15) is 0 Å². The molecule has 0 aliphatic heterocycles. The van der Waals surface area contributed by atoms with E-state index in [0.29, 0.717) is 12.2 Å². The van der Waals surface area contributed by atoms with Crippen molar-refractivity contribution >= 4 is 5.57 Å². The van der Waals surface area contributed by atoms with Crippen molar-refractivity contribution in [1.29, 1.82) is 0 Å². The summed E-state index contributed by atoms with van der Waals surface area (Å²) in [5.41, 5.74) is 6.41. The van der Waals surface area contributed by atoms with Crippen molar-refractivity contribution in [3.8, 4) is 28.4 Å². The fourth-order valence-electron chi connectivity index (χ4n) is 5.39. The first-order valence-electron chi connectivity index (χ1n) is 12.2. The molecule has 0 bridgehead atoms. The highest BCUT2D eigenvalue weighted by atomic mass is 16.3. The number of allylic oxidation sites excluding steroid dienone is 7. The van der Waals surface area contributed by atoms with Crippen molar-refractivity contribution in [2.45, 2.75) is 26.2 Å². The van der Waals surface area contributed by atoms with Crippen molar-refractivity contribution < 1.29 is 20.4 Å². The molecule has 0 spiro atoms. The quantitative estimate of drug-likeness (QED) is 0.304. The number of phenols is 3. The summed E-state index contributed by atoms with van der Waals surface area (Å²) in [4.78, 5) is 0. The Kier molecular flexibility index (Phi) is 6.19. The normalized spacial score (nSPS) is 20.3. The standard InChI is InChI=1S/C32H30O4/c1-19-15-20(2)32(36)29(16-19)31(25-4-3-23(17-25)21-5-10-26(33)11-6-21)28-18-24(9-14-30(28)35)22-7-12-27(34)13-8-22/h3-15,17-19,25,31,33-36H,16H2,1-2H3. The van der Waals surface area contributed by atoms with Gasteiger partial charge in [-0.05, 0) is 89.1 Å². The van der Waals surface area contributed by atoms with Gasteiger partial charge in [0.2, 0.25) is 0 Å². The maximum Gasteiger partial charge on any atom is 0.119 e. The van der Waals surface area contributed by atoms with Crippen LogP contribution in [0.1, 0.15) is 37.3 Å². The number of phenolic OH excluding ortho intramolecular Hbond substituents is 3. The molecule has 36 heavy (non-hydrogen) atoms. The van der Waals surface area contributed by atoms with Crippen molar-refractivity contribution in [3.63, 3.8) is 0 Å². The molecule has 4 heteroatoms. The number of aromatic hydroxyl groups is 3. The summed E-state index contributed by atoms with van der Waals surface area (Å²) in [6, 6.07) is 19.7. The van der Waals surface area contributed by atoms with Crippen LogP contribution in [-0.4, -0.2) is 20.4 Å². The third-order valence-electron chi connectivity index (χ3n) is 7.15. The molecule has 4 nitrogen and oxygen atoms in total. The van der Waals surface area contributed by atoms with Gasteiger partial charge in [0.1, 0.15) is 23.0 Å². The van der Waals surface area contributed by atoms with Gasteiger partial charge in [0.05, 0.1) is 0 Å². The predicted molar refractivity (Wildman–Crippen MR) is 144 cm³/mol. The van der Waals surface area contributed by atoms with Crippen molar-refractivity contribution in [2.24, 2.45) is 11.8 Å². The first-order valence-corrected chi connectivity index (χ1v) is 12.2. The molecule has 3 unspecified atom stereocenters. The Morgan fingerprint density at radius 2 is 1.36 bits per heavy atom. The Hall–Kier alpha value is -4.18. The Morgan fingerprint density at radius 3 is 2.03 bits per heavy atom. The van der Waals surface area contributed by atoms with Crippen LogP contribution in [0.2, 0.25) is 0 Å². The third-order valence-corrected chi connectivity index (χ3v) is 7.15. The van der Waals surface area contributed by atoms with Crippen LogP contribution in [0.3, 0.4) is 0 Å². The summed E-state index contributed by atoms with van der Waals surface area (Å²) in [5.74, 6) is 0.832. The zero-order chi connectivity index (χ0) is 25.4. The maximum absolute atomic E-state index is 11.2. The Balaban J connectivity index is 1.63. The van der Waals surface area contributed by atoms with Gasteiger partial charge in [-0.3, -0.25) is 0 Å². The van der Waals surface area contributed by atoms with Crippen molar-refractivity contribution in [2.75, 3.05) is 0 Å². The lowest BCUT2D eigenvalue weighted by atomic mass is 9.74. The van der Waals surface area contributed by atoms with Gasteiger partial charge >= 0.3 is 0 Å². The molecule has 5 rings (SSSR count). The number of hydrogen-bond donors (Lipinski definition) is 4. The van der Waals surface area contributed by atoms with Crippen LogP contribution in [0, 0.1) is 11.8 Å². The average Bonchev–Trinajstić information content (AvgIpc) is 3.34. The fourth-order valence-corrected chi connectivity index (χ4v) is 5.39. The zero-order valence-corrected chi connectivity index (χ0v) is 20.4. The van der Waals surface area contributed by atoms with Crippen LogP contribution < -0.4 is 0 Å². The highest BCUT2D eigenvalue weighted by molar-refractivity contribution is 5.78. The highest BCUT2D eigenvalue weighted by Crippen LogP contribution is 2.47. The molecule has 3 atom stereocenters. The third kappa shape index (κ3) is 4.55. The molecular formula is C32H30O4. The lowest BCUT2D eigenvalue weighted by Gasteiger charge is -2.31. The van der Waals surface area contributed by atoms with Crippen LogP contribution in [0.4, 0.5) is 0 Å². The molecular weight excluding hydrogens is 448 g/mol. The van der Waals surface area contributed by atoms with Crippen LogP contribution in [0.5, 0.6) is 17.2 Å². The van der Waals surface area contributed by atoms with E-state index >= 15 is 0 Å². The van der Waals surface area contributed by atoms with Crippen molar-refractivity contribution in [1.82, 2.24) is 0 Å². The Bertz CT molecular complexity index is 1410. The first-order chi connectivity index (χ1) is 17.3. The number of rotatable bonds is 5. The molecule has 0 fully saturated rings. The number of aliphatic hydroxyl groups is 1. The topological polar surface area (TPSA) is 80.9 Å². The molecule has 2 aliphatic carbocycles. The summed E-state index contributed by atoms with van der Waals surface area (Å²) in [6.45, 7) is 4.07. The molecule has 0 radical (unpaired) electrons. The van der Waals surface area contributed by atoms with Gasteiger partial charge in [0.25, 0.3) is 0 Å². The van der Waals surface area contributed by atoms with Crippen LogP contribution in [-0.2, 0) is 0 Å². The summed E-state index contributed by atoms with van der Waals surface area (Å²) in [6.07, 6.45) is 9.15. The molecule has 2 aliphatic rings. The minimum Gasteiger partial charge on any atom is -0.508 e. The van der Waals surface area contributed by atoms with Gasteiger partial charge in [-0.25, -0.2) is 0 Å². The number of benzene rings is 3. The largest absolute Gasteiger partial charge is 0.508 e. The van der Waals surface area contributed by atoms with Crippen LogP contribution in [0.15, 0.2) is 108 Å². The SMILES string of the molecule is CC1=CC(C)CC(C(c2cc(-c3ccc(O)cc3)ccc2O)C2C=CC(c3ccc(O)cc3)=C2)=C1O. The van der Waals surface area contributed by atoms with Gasteiger partial charge in [-0.15, -0.1) is 0 Å². The highest BCUT2D eigenvalue weighted by Gasteiger charge is 2.33. The Morgan fingerprint density at radius 1 is 0.750 bits per heavy atom. The summed E-state index contributed by atoms with van der Waals surface area (Å²) < 4.78 is 0. The number of aliphatic hydroxyl groups excluding tert-OH is 1. The second kappa shape index (κ2) is 9.46. The molecule has 0 saturated heterocycles. The smallest absolute Gasteiger partial charge is 0.119 e. The fraction of sp³-hybridized carbons (Fsp3) is 0.188. The monoisotopic (exact) mass is 478 g/mol. The molecule has 4 N–H and O–H groups in total. The van der Waals surface area contributed by atoms with Gasteiger partial charge in [0, 0.05) is 17.4 Å². The van der Waals surface area contributed by atoms with Crippen LogP contribution >= 0.6 is 0 Å². The number of hydrogen-bond acceptors (Lipinski definition) is 4. The predicted octanol–water partition coefficient (Wildman–Crippen LogP) is 7.62. The van der Waals surface area contributed by atoms with E-state index in [0.717, 1.165) is 39.0 Å². The van der Waals surface area contributed by atoms with Crippen molar-refractivity contribution in [3.05, 3.63) is 119 Å². The minimum absolute atomic E-state index is 0.0787. The summed E-state index contributed by atoms with van der Waals surface area (Å²) >= 11 is 0. The second-order valence-electron chi connectivity index (χ2n) is 9.81. The van der Waals surface area contributed by atoms with Gasteiger partial charge in [-0.1, -0.05) is 61.6 Å². The second-order valence-corrected chi connectivity index (χ2v) is 9.81. The van der Waals surface area contributed by atoms with E-state index in [1.807, 2.05) is 43.3 Å². The molecule has 0 aromatic heterocycles. The Labute approximate surface area is 211 Å². The first kappa shape index (κ1) is 23.6. The minimum atomic E-state index is -0.265. The molecule has 182 valence electrons. The lowest BCUT2D eigenvalue weighted by molar-refractivity contribution is 0.387. The van der Waals surface area contributed by atoms with E-state index in [9.17, 15) is 20.4 Å². The van der Waals surface area contributed by atoms with E-state index in [1.54, 1.807) is 30.3 Å². The summed E-state index contributed by atoms with van der Waals surface area (Å²) in [5, 5.41) is 41.7. The molecule has 0 saturated carbocycles. The van der Waals surface area contributed by atoms with E-state index in [-0.39, 0.29) is 35.0 Å². The average molecular weight is 479 g/mol. The maximum atomic E-state index is 11.2. The lowest BCUT2D eigenvalue weighted by Crippen LogP contribution is -2.18. The van der Waals surface area contributed by atoms with Crippen LogP contribution in [0.25, 0.3) is 16.7 Å². The van der Waals surface area contributed by atoms with E-state index in [1.165, 1.54) is 0 Å². The van der Waals surface area contributed by atoms with E-state index in [2.05, 4.69) is 31.2 Å². The zero-order valence-electron chi connectivity index (χ0n) is 20.4. The molecule has 0 heterocycles. The molecule has 3 aromatic rings. The van der Waals surface area contributed by atoms with Gasteiger partial charge in [0.15, 0.2) is 0 Å². The molecule has 3 aromatic carbocycles. The molecule has 0 amide bonds. The summed E-state index contributed by atoms with van der Waals surface area (Å²) in [7, 11) is 0. The van der Waals surface area contributed by atoms with E-state index in [4.69, 9.17) is 0 Å². The van der Waals surface area contributed by atoms with Gasteiger partial charge < -0.3 is 20.4 Å². The van der Waals surface area contributed by atoms with E-state index < -0.39 is 0 Å².